The van der Waals surface area contributed by atoms with Gasteiger partial charge in [-0.3, -0.25) is 0 Å². The predicted octanol–water partition coefficient (Wildman–Crippen LogP) is 3.91. The predicted molar refractivity (Wildman–Crippen MR) is 90.3 cm³/mol. The van der Waals surface area contributed by atoms with E-state index in [1.165, 1.54) is 11.1 Å². The molecule has 0 heterocycles. The van der Waals surface area contributed by atoms with Crippen molar-refractivity contribution < 1.29 is 4.74 Å². The maximum absolute atomic E-state index is 5.23. The molecule has 2 rings (SSSR count). The van der Waals surface area contributed by atoms with E-state index in [9.17, 15) is 0 Å². The zero-order valence-corrected chi connectivity index (χ0v) is 13.0. The number of hydrogen-bond acceptors (Lipinski definition) is 2. The van der Waals surface area contributed by atoms with Crippen molar-refractivity contribution in [2.45, 2.75) is 13.1 Å². The molecule has 104 valence electrons. The van der Waals surface area contributed by atoms with E-state index in [-0.39, 0.29) is 0 Å². The molecular formula is C16H17NOS2. The van der Waals surface area contributed by atoms with E-state index in [1.807, 2.05) is 42.5 Å². The van der Waals surface area contributed by atoms with E-state index in [2.05, 4.69) is 29.7 Å². The van der Waals surface area contributed by atoms with Gasteiger partial charge in [0.25, 0.3) is 0 Å². The van der Waals surface area contributed by atoms with Gasteiger partial charge in [0, 0.05) is 13.1 Å². The van der Waals surface area contributed by atoms with Crippen molar-refractivity contribution in [2.75, 3.05) is 7.11 Å². The number of thiocarbonyl (C=S) groups is 1. The van der Waals surface area contributed by atoms with Crippen LogP contribution >= 0.6 is 24.8 Å². The molecule has 0 saturated heterocycles. The summed E-state index contributed by atoms with van der Waals surface area (Å²) in [6.07, 6.45) is 0. The van der Waals surface area contributed by atoms with Crippen molar-refractivity contribution in [1.29, 1.82) is 0 Å². The Morgan fingerprint density at radius 1 is 1.00 bits per heavy atom. The van der Waals surface area contributed by atoms with Gasteiger partial charge in [0.15, 0.2) is 0 Å². The molecule has 2 aromatic rings. The second-order valence-electron chi connectivity index (χ2n) is 4.47. The molecular weight excluding hydrogens is 286 g/mol. The molecule has 0 N–H and O–H groups in total. The first-order valence-electron chi connectivity index (χ1n) is 6.34. The maximum Gasteiger partial charge on any atom is 0.133 e. The van der Waals surface area contributed by atoms with Crippen LogP contribution in [0.5, 0.6) is 5.75 Å². The molecule has 0 bridgehead atoms. The quantitative estimate of drug-likeness (QED) is 0.664. The molecule has 0 aliphatic carbocycles. The second-order valence-corrected chi connectivity index (χ2v) is 5.59. The lowest BCUT2D eigenvalue weighted by atomic mass is 10.2. The Hall–Kier alpha value is -1.52. The third kappa shape index (κ3) is 4.25. The van der Waals surface area contributed by atoms with Gasteiger partial charge in [-0.25, -0.2) is 0 Å². The summed E-state index contributed by atoms with van der Waals surface area (Å²) in [6.45, 7) is 1.50. The first-order valence-corrected chi connectivity index (χ1v) is 7.19. The highest BCUT2D eigenvalue weighted by atomic mass is 32.1. The Kier molecular flexibility index (Phi) is 5.44. The number of nitrogens with zero attached hydrogens (tertiary/aromatic N) is 1. The van der Waals surface area contributed by atoms with Crippen LogP contribution < -0.4 is 4.74 Å². The van der Waals surface area contributed by atoms with E-state index in [0.717, 1.165) is 18.8 Å². The first kappa shape index (κ1) is 14.9. The molecule has 2 nitrogen and oxygen atoms in total. The standard InChI is InChI=1S/C16H17NOS2/c1-18-15-9-7-14(8-10-15)12-17(16(19)20)11-13-5-3-2-4-6-13/h2-10H,11-12H2,1H3,(H,19,20). The van der Waals surface area contributed by atoms with Crippen LogP contribution in [0, 0.1) is 0 Å². The summed E-state index contributed by atoms with van der Waals surface area (Å²) in [5, 5.41) is 0. The van der Waals surface area contributed by atoms with Crippen molar-refractivity contribution in [3.05, 3.63) is 65.7 Å². The normalized spacial score (nSPS) is 10.1. The number of benzene rings is 2. The molecule has 4 heteroatoms. The van der Waals surface area contributed by atoms with Crippen LogP contribution in [0.15, 0.2) is 54.6 Å². The maximum atomic E-state index is 5.23. The molecule has 0 saturated carbocycles. The molecule has 0 aromatic heterocycles. The van der Waals surface area contributed by atoms with Crippen LogP contribution in [0.2, 0.25) is 0 Å². The van der Waals surface area contributed by atoms with Crippen LogP contribution in [0.4, 0.5) is 0 Å². The fourth-order valence-electron chi connectivity index (χ4n) is 1.95. The number of ether oxygens (including phenoxy) is 1. The molecule has 0 atom stereocenters. The molecule has 0 unspecified atom stereocenters. The van der Waals surface area contributed by atoms with Crippen LogP contribution in [0.1, 0.15) is 11.1 Å². The number of methoxy groups -OCH3 is 1. The largest absolute Gasteiger partial charge is 0.497 e. The van der Waals surface area contributed by atoms with Gasteiger partial charge in [-0.15, -0.1) is 12.6 Å². The summed E-state index contributed by atoms with van der Waals surface area (Å²) < 4.78 is 5.76. The molecule has 0 radical (unpaired) electrons. The lowest BCUT2D eigenvalue weighted by molar-refractivity contribution is 0.410. The highest BCUT2D eigenvalue weighted by molar-refractivity contribution is 8.10. The smallest absolute Gasteiger partial charge is 0.133 e. The SMILES string of the molecule is COc1ccc(CN(Cc2ccccc2)C(=S)S)cc1. The van der Waals surface area contributed by atoms with Crippen LogP contribution in [-0.2, 0) is 13.1 Å². The monoisotopic (exact) mass is 303 g/mol. The summed E-state index contributed by atoms with van der Waals surface area (Å²) >= 11 is 9.55. The number of hydrogen-bond donors (Lipinski definition) is 1. The van der Waals surface area contributed by atoms with E-state index < -0.39 is 0 Å². The third-order valence-corrected chi connectivity index (χ3v) is 3.56. The Morgan fingerprint density at radius 2 is 1.55 bits per heavy atom. The van der Waals surface area contributed by atoms with Crippen LogP contribution in [-0.4, -0.2) is 16.3 Å². The average molecular weight is 303 g/mol. The minimum Gasteiger partial charge on any atom is -0.497 e. The second kappa shape index (κ2) is 7.31. The zero-order chi connectivity index (χ0) is 14.4. The average Bonchev–Trinajstić information content (AvgIpc) is 2.48. The molecule has 0 aliphatic rings. The number of rotatable bonds is 5. The summed E-state index contributed by atoms with van der Waals surface area (Å²) in [4.78, 5) is 2.07. The third-order valence-electron chi connectivity index (χ3n) is 3.02. The van der Waals surface area contributed by atoms with Crippen molar-refractivity contribution in [3.63, 3.8) is 0 Å². The van der Waals surface area contributed by atoms with Gasteiger partial charge in [0.1, 0.15) is 10.1 Å². The summed E-state index contributed by atoms with van der Waals surface area (Å²) in [6, 6.07) is 18.3. The van der Waals surface area contributed by atoms with E-state index in [4.69, 9.17) is 17.0 Å². The van der Waals surface area contributed by atoms with Crippen LogP contribution in [0.25, 0.3) is 0 Å². The molecule has 0 aliphatic heterocycles. The van der Waals surface area contributed by atoms with Gasteiger partial charge in [0.2, 0.25) is 0 Å². The van der Waals surface area contributed by atoms with Crippen molar-refractivity contribution in [2.24, 2.45) is 0 Å². The van der Waals surface area contributed by atoms with Crippen molar-refractivity contribution in [3.8, 4) is 5.75 Å². The van der Waals surface area contributed by atoms with Gasteiger partial charge < -0.3 is 9.64 Å². The Morgan fingerprint density at radius 3 is 2.05 bits per heavy atom. The topological polar surface area (TPSA) is 12.5 Å². The van der Waals surface area contributed by atoms with E-state index in [0.29, 0.717) is 4.32 Å². The fourth-order valence-corrected chi connectivity index (χ4v) is 2.22. The first-order chi connectivity index (χ1) is 9.69. The van der Waals surface area contributed by atoms with Gasteiger partial charge >= 0.3 is 0 Å². The summed E-state index contributed by atoms with van der Waals surface area (Å²) in [7, 11) is 1.67. The summed E-state index contributed by atoms with van der Waals surface area (Å²) in [5.74, 6) is 0.858. The van der Waals surface area contributed by atoms with E-state index >= 15 is 0 Å². The molecule has 0 spiro atoms. The molecule has 20 heavy (non-hydrogen) atoms. The van der Waals surface area contributed by atoms with Crippen LogP contribution in [0.3, 0.4) is 0 Å². The highest BCUT2D eigenvalue weighted by Gasteiger charge is 2.08. The Labute approximate surface area is 130 Å². The zero-order valence-electron chi connectivity index (χ0n) is 11.3. The molecule has 0 fully saturated rings. The summed E-state index contributed by atoms with van der Waals surface area (Å²) in [5.41, 5.74) is 2.40. The number of thiol groups is 1. The van der Waals surface area contributed by atoms with Gasteiger partial charge in [0.05, 0.1) is 7.11 Å². The fraction of sp³-hybridized carbons (Fsp3) is 0.188. The minimum atomic E-state index is 0.602. The molecule has 2 aromatic carbocycles. The molecule has 0 amide bonds. The van der Waals surface area contributed by atoms with Gasteiger partial charge in [-0.1, -0.05) is 54.7 Å². The lowest BCUT2D eigenvalue weighted by Crippen LogP contribution is -2.25. The highest BCUT2D eigenvalue weighted by Crippen LogP contribution is 2.16. The van der Waals surface area contributed by atoms with Gasteiger partial charge in [-0.05, 0) is 23.3 Å². The van der Waals surface area contributed by atoms with Crippen molar-refractivity contribution >= 4 is 29.2 Å². The van der Waals surface area contributed by atoms with Gasteiger partial charge in [-0.2, -0.15) is 0 Å². The lowest BCUT2D eigenvalue weighted by Gasteiger charge is -2.23. The minimum absolute atomic E-state index is 0.602. The Balaban J connectivity index is 2.07. The van der Waals surface area contributed by atoms with E-state index in [1.54, 1.807) is 7.11 Å². The van der Waals surface area contributed by atoms with Crippen molar-refractivity contribution in [1.82, 2.24) is 4.90 Å². The Bertz CT molecular complexity index is 554.